The molecule has 176 valence electrons. The number of carbonyl (C=O) groups is 2. The van der Waals surface area contributed by atoms with Crippen LogP contribution >= 0.6 is 0 Å². The molecule has 2 amide bonds. The van der Waals surface area contributed by atoms with Crippen molar-refractivity contribution in [1.29, 1.82) is 0 Å². The first-order chi connectivity index (χ1) is 16.0. The highest BCUT2D eigenvalue weighted by atomic mass is 16.2. The van der Waals surface area contributed by atoms with Crippen LogP contribution < -0.4 is 10.6 Å². The Balaban J connectivity index is 1.26. The number of amides is 2. The van der Waals surface area contributed by atoms with E-state index in [1.54, 1.807) is 16.9 Å². The number of anilines is 1. The van der Waals surface area contributed by atoms with Crippen molar-refractivity contribution in [3.63, 3.8) is 0 Å². The van der Waals surface area contributed by atoms with E-state index in [-0.39, 0.29) is 29.8 Å². The number of rotatable bonds is 6. The Hall–Kier alpha value is -2.63. The van der Waals surface area contributed by atoms with Crippen molar-refractivity contribution >= 4 is 17.5 Å². The lowest BCUT2D eigenvalue weighted by atomic mass is 9.83. The maximum Gasteiger partial charge on any atom is 0.269 e. The zero-order valence-corrected chi connectivity index (χ0v) is 19.8. The molecule has 33 heavy (non-hydrogen) atoms. The molecule has 0 saturated heterocycles. The Bertz CT molecular complexity index is 990. The number of nitrogens with zero attached hydrogens (tertiary/aromatic N) is 2. The van der Waals surface area contributed by atoms with Gasteiger partial charge in [-0.1, -0.05) is 31.4 Å². The molecule has 6 heteroatoms. The van der Waals surface area contributed by atoms with Crippen molar-refractivity contribution in [2.24, 2.45) is 17.8 Å². The Morgan fingerprint density at radius 1 is 0.970 bits per heavy atom. The fraction of sp³-hybridized carbons (Fsp3) is 0.593. The summed E-state index contributed by atoms with van der Waals surface area (Å²) in [6, 6.07) is 10.2. The van der Waals surface area contributed by atoms with E-state index >= 15 is 0 Å². The fourth-order valence-corrected chi connectivity index (χ4v) is 6.51. The molecule has 1 aromatic carbocycles. The first-order valence-electron chi connectivity index (χ1n) is 12.8. The van der Waals surface area contributed by atoms with Gasteiger partial charge >= 0.3 is 0 Å². The Kier molecular flexibility index (Phi) is 6.26. The predicted molar refractivity (Wildman–Crippen MR) is 129 cm³/mol. The van der Waals surface area contributed by atoms with Gasteiger partial charge in [0, 0.05) is 24.0 Å². The molecule has 1 aromatic heterocycles. The molecular weight excluding hydrogens is 412 g/mol. The maximum absolute atomic E-state index is 13.4. The molecule has 0 aliphatic heterocycles. The smallest absolute Gasteiger partial charge is 0.269 e. The van der Waals surface area contributed by atoms with Crippen molar-refractivity contribution in [2.45, 2.75) is 83.2 Å². The Morgan fingerprint density at radius 3 is 2.42 bits per heavy atom. The lowest BCUT2D eigenvalue weighted by Crippen LogP contribution is -2.48. The quantitative estimate of drug-likeness (QED) is 0.630. The third-order valence-electron chi connectivity index (χ3n) is 8.16. The van der Waals surface area contributed by atoms with Crippen LogP contribution in [0.1, 0.15) is 93.2 Å². The summed E-state index contributed by atoms with van der Waals surface area (Å²) in [7, 11) is 0. The first kappa shape index (κ1) is 22.2. The van der Waals surface area contributed by atoms with Crippen molar-refractivity contribution < 1.29 is 9.59 Å². The van der Waals surface area contributed by atoms with Gasteiger partial charge in [0.2, 0.25) is 5.91 Å². The SMILES string of the molecule is CC(C)n1nccc1C(=O)N[C@@H]1[C@H]2CC[C@H](C2)[C@H]1C(=O)Nc1ccc(C2CCCCC2)cc1. The molecule has 2 bridgehead atoms. The lowest BCUT2D eigenvalue weighted by molar-refractivity contribution is -0.122. The first-order valence-corrected chi connectivity index (χ1v) is 12.8. The molecule has 3 aliphatic rings. The van der Waals surface area contributed by atoms with Crippen LogP contribution in [0.3, 0.4) is 0 Å². The standard InChI is InChI=1S/C27H36N4O2/c1-17(2)31-23(14-15-28-31)26(32)30-25-21-9-8-20(16-21)24(25)27(33)29-22-12-10-19(11-13-22)18-6-4-3-5-7-18/h10-15,17-18,20-21,24-25H,3-9,16H2,1-2H3,(H,29,33)(H,30,32)/t20-,21+,24-,25-/m1/s1. The van der Waals surface area contributed by atoms with Crippen LogP contribution in [0.5, 0.6) is 0 Å². The van der Waals surface area contributed by atoms with Gasteiger partial charge < -0.3 is 10.6 Å². The zero-order chi connectivity index (χ0) is 22.9. The molecule has 6 nitrogen and oxygen atoms in total. The second-order valence-electron chi connectivity index (χ2n) is 10.6. The van der Waals surface area contributed by atoms with Crippen LogP contribution in [0.4, 0.5) is 5.69 Å². The van der Waals surface area contributed by atoms with E-state index in [1.165, 1.54) is 37.7 Å². The second kappa shape index (κ2) is 9.32. The molecule has 3 fully saturated rings. The van der Waals surface area contributed by atoms with Crippen LogP contribution in [0.2, 0.25) is 0 Å². The minimum absolute atomic E-state index is 0.0373. The summed E-state index contributed by atoms with van der Waals surface area (Å²) in [4.78, 5) is 26.4. The van der Waals surface area contributed by atoms with Crippen LogP contribution in [0.25, 0.3) is 0 Å². The van der Waals surface area contributed by atoms with Gasteiger partial charge in [0.25, 0.3) is 5.91 Å². The average Bonchev–Trinajstić information content (AvgIpc) is 3.56. The minimum Gasteiger partial charge on any atom is -0.347 e. The summed E-state index contributed by atoms with van der Waals surface area (Å²) in [6.07, 6.45) is 11.4. The molecule has 0 unspecified atom stereocenters. The van der Waals surface area contributed by atoms with Gasteiger partial charge in [0.15, 0.2) is 0 Å². The van der Waals surface area contributed by atoms with Crippen LogP contribution in [-0.4, -0.2) is 27.6 Å². The third kappa shape index (κ3) is 4.44. The zero-order valence-electron chi connectivity index (χ0n) is 19.8. The number of carbonyl (C=O) groups excluding carboxylic acids is 2. The molecule has 0 spiro atoms. The third-order valence-corrected chi connectivity index (χ3v) is 8.16. The molecule has 2 aromatic rings. The largest absolute Gasteiger partial charge is 0.347 e. The van der Waals surface area contributed by atoms with E-state index in [4.69, 9.17) is 0 Å². The van der Waals surface area contributed by atoms with E-state index in [1.807, 2.05) is 26.0 Å². The summed E-state index contributed by atoms with van der Waals surface area (Å²) in [5.74, 6) is 1.10. The Labute approximate surface area is 196 Å². The number of hydrogen-bond acceptors (Lipinski definition) is 3. The highest BCUT2D eigenvalue weighted by Gasteiger charge is 2.51. The molecule has 3 aliphatic carbocycles. The summed E-state index contributed by atoms with van der Waals surface area (Å²) in [5.41, 5.74) is 2.80. The van der Waals surface area contributed by atoms with E-state index in [2.05, 4.69) is 27.9 Å². The Morgan fingerprint density at radius 2 is 1.70 bits per heavy atom. The van der Waals surface area contributed by atoms with Gasteiger partial charge in [0.05, 0.1) is 5.92 Å². The highest BCUT2D eigenvalue weighted by molar-refractivity contribution is 5.96. The van der Waals surface area contributed by atoms with E-state index < -0.39 is 0 Å². The van der Waals surface area contributed by atoms with Crippen LogP contribution in [0.15, 0.2) is 36.5 Å². The predicted octanol–water partition coefficient (Wildman–Crippen LogP) is 5.29. The van der Waals surface area contributed by atoms with Gasteiger partial charge in [-0.05, 0) is 87.5 Å². The van der Waals surface area contributed by atoms with Gasteiger partial charge in [-0.3, -0.25) is 14.3 Å². The normalized spacial score (nSPS) is 27.1. The summed E-state index contributed by atoms with van der Waals surface area (Å²) in [5, 5.41) is 10.7. The van der Waals surface area contributed by atoms with E-state index in [0.29, 0.717) is 23.4 Å². The number of benzene rings is 1. The maximum atomic E-state index is 13.4. The summed E-state index contributed by atoms with van der Waals surface area (Å²) in [6.45, 7) is 4.02. The van der Waals surface area contributed by atoms with Gasteiger partial charge in [-0.2, -0.15) is 5.10 Å². The molecular formula is C27H36N4O2. The van der Waals surface area contributed by atoms with Crippen molar-refractivity contribution in [2.75, 3.05) is 5.32 Å². The summed E-state index contributed by atoms with van der Waals surface area (Å²) >= 11 is 0. The lowest BCUT2D eigenvalue weighted by Gasteiger charge is -2.31. The summed E-state index contributed by atoms with van der Waals surface area (Å²) < 4.78 is 1.74. The average molecular weight is 449 g/mol. The molecule has 0 radical (unpaired) electrons. The fourth-order valence-electron chi connectivity index (χ4n) is 6.51. The molecule has 3 saturated carbocycles. The second-order valence-corrected chi connectivity index (χ2v) is 10.6. The molecule has 2 N–H and O–H groups in total. The van der Waals surface area contributed by atoms with Gasteiger partial charge in [-0.25, -0.2) is 0 Å². The number of hydrogen-bond donors (Lipinski definition) is 2. The van der Waals surface area contributed by atoms with Crippen LogP contribution in [0, 0.1) is 17.8 Å². The van der Waals surface area contributed by atoms with Crippen molar-refractivity contribution in [3.8, 4) is 0 Å². The number of fused-ring (bicyclic) bond motifs is 2. The molecule has 4 atom stereocenters. The molecule has 1 heterocycles. The number of aromatic nitrogens is 2. The van der Waals surface area contributed by atoms with E-state index in [9.17, 15) is 9.59 Å². The van der Waals surface area contributed by atoms with Gasteiger partial charge in [-0.15, -0.1) is 0 Å². The number of nitrogens with one attached hydrogen (secondary N) is 2. The topological polar surface area (TPSA) is 76.0 Å². The van der Waals surface area contributed by atoms with Crippen molar-refractivity contribution in [3.05, 3.63) is 47.8 Å². The van der Waals surface area contributed by atoms with Gasteiger partial charge in [0.1, 0.15) is 5.69 Å². The minimum atomic E-state index is -0.179. The molecule has 5 rings (SSSR count). The van der Waals surface area contributed by atoms with Crippen LogP contribution in [-0.2, 0) is 4.79 Å². The highest BCUT2D eigenvalue weighted by Crippen LogP contribution is 2.49. The monoisotopic (exact) mass is 448 g/mol. The van der Waals surface area contributed by atoms with Crippen molar-refractivity contribution in [1.82, 2.24) is 15.1 Å². The van der Waals surface area contributed by atoms with E-state index in [0.717, 1.165) is 24.9 Å².